The molecule has 1 saturated carbocycles. The van der Waals surface area contributed by atoms with Gasteiger partial charge in [0, 0.05) is 0 Å². The molecule has 0 N–H and O–H groups in total. The van der Waals surface area contributed by atoms with E-state index in [1.165, 1.54) is 6.08 Å². The summed E-state index contributed by atoms with van der Waals surface area (Å²) in [5, 5.41) is 0. The van der Waals surface area contributed by atoms with E-state index in [1.54, 1.807) is 0 Å². The lowest BCUT2D eigenvalue weighted by atomic mass is 9.62. The Kier molecular flexibility index (Phi) is 7.22. The van der Waals surface area contributed by atoms with Gasteiger partial charge in [0.1, 0.15) is 19.8 Å². The maximum absolute atomic E-state index is 12.6. The number of allylic oxidation sites excluding steroid dienone is 2. The summed E-state index contributed by atoms with van der Waals surface area (Å²) in [6.45, 7) is 9.20. The third-order valence-corrected chi connectivity index (χ3v) is 5.63. The average Bonchev–Trinajstić information content (AvgIpc) is 2.68. The summed E-state index contributed by atoms with van der Waals surface area (Å²) in [5.74, 6) is -2.23. The molecule has 0 aromatic rings. The van der Waals surface area contributed by atoms with E-state index in [9.17, 15) is 14.4 Å². The second-order valence-corrected chi connectivity index (χ2v) is 7.80. The molecule has 0 spiro atoms. The Morgan fingerprint density at radius 3 is 2.00 bits per heavy atom. The Labute approximate surface area is 160 Å². The summed E-state index contributed by atoms with van der Waals surface area (Å²) in [6, 6.07) is 0. The predicted octanol–water partition coefficient (Wildman–Crippen LogP) is 3.07. The SMILES string of the molecule is C=CCOC(=O)C1C2C=CC(CC2)C1C(=O)OCCOC(=O)C(C)(C)CC. The van der Waals surface area contributed by atoms with Gasteiger partial charge in [-0.3, -0.25) is 14.4 Å². The summed E-state index contributed by atoms with van der Waals surface area (Å²) in [4.78, 5) is 37.0. The largest absolute Gasteiger partial charge is 0.462 e. The fourth-order valence-electron chi connectivity index (χ4n) is 3.59. The minimum absolute atomic E-state index is 0.00644. The van der Waals surface area contributed by atoms with Gasteiger partial charge < -0.3 is 14.2 Å². The topological polar surface area (TPSA) is 78.9 Å². The number of hydrogen-bond donors (Lipinski definition) is 0. The number of hydrogen-bond acceptors (Lipinski definition) is 6. The van der Waals surface area contributed by atoms with E-state index in [4.69, 9.17) is 14.2 Å². The van der Waals surface area contributed by atoms with Gasteiger partial charge in [-0.15, -0.1) is 0 Å². The van der Waals surface area contributed by atoms with E-state index in [0.29, 0.717) is 6.42 Å². The number of fused-ring (bicyclic) bond motifs is 2. The molecule has 0 saturated heterocycles. The van der Waals surface area contributed by atoms with Crippen molar-refractivity contribution in [3.05, 3.63) is 24.8 Å². The van der Waals surface area contributed by atoms with E-state index >= 15 is 0 Å². The van der Waals surface area contributed by atoms with Crippen molar-refractivity contribution >= 4 is 17.9 Å². The smallest absolute Gasteiger partial charge is 0.311 e. The number of carbonyl (C=O) groups excluding carboxylic acids is 3. The molecule has 0 aliphatic heterocycles. The predicted molar refractivity (Wildman–Crippen MR) is 99.5 cm³/mol. The first-order chi connectivity index (χ1) is 12.8. The van der Waals surface area contributed by atoms with Crippen LogP contribution in [0.5, 0.6) is 0 Å². The molecule has 3 aliphatic rings. The maximum atomic E-state index is 12.6. The molecule has 0 amide bonds. The van der Waals surface area contributed by atoms with Crippen molar-refractivity contribution in [1.82, 2.24) is 0 Å². The normalized spacial score (nSPS) is 26.3. The molecule has 0 aromatic heterocycles. The van der Waals surface area contributed by atoms with E-state index in [0.717, 1.165) is 12.8 Å². The molecule has 27 heavy (non-hydrogen) atoms. The van der Waals surface area contributed by atoms with Crippen molar-refractivity contribution in [3.8, 4) is 0 Å². The highest BCUT2D eigenvalue weighted by atomic mass is 16.6. The lowest BCUT2D eigenvalue weighted by molar-refractivity contribution is -0.169. The van der Waals surface area contributed by atoms with Crippen molar-refractivity contribution in [3.63, 3.8) is 0 Å². The molecular weight excluding hydrogens is 348 g/mol. The van der Waals surface area contributed by atoms with Gasteiger partial charge in [0.25, 0.3) is 0 Å². The summed E-state index contributed by atoms with van der Waals surface area (Å²) >= 11 is 0. The van der Waals surface area contributed by atoms with E-state index in [2.05, 4.69) is 6.58 Å². The summed E-state index contributed by atoms with van der Waals surface area (Å²) in [6.07, 6.45) is 7.90. The molecule has 1 fully saturated rings. The van der Waals surface area contributed by atoms with Gasteiger partial charge in [0.05, 0.1) is 17.3 Å². The standard InChI is InChI=1S/C21H30O6/c1-5-11-25-18(22)16-14-7-9-15(10-8-14)17(16)19(23)26-12-13-27-20(24)21(3,4)6-2/h5,7,9,14-17H,1,6,8,10-13H2,2-4H3. The Morgan fingerprint density at radius 1 is 1.00 bits per heavy atom. The van der Waals surface area contributed by atoms with Crippen LogP contribution in [0.4, 0.5) is 0 Å². The van der Waals surface area contributed by atoms with Crippen molar-refractivity contribution in [2.45, 2.75) is 40.0 Å². The molecule has 3 aliphatic carbocycles. The third kappa shape index (κ3) is 4.99. The first kappa shape index (κ1) is 21.2. The van der Waals surface area contributed by atoms with Gasteiger partial charge in [0.2, 0.25) is 0 Å². The van der Waals surface area contributed by atoms with Gasteiger partial charge in [-0.2, -0.15) is 0 Å². The van der Waals surface area contributed by atoms with Gasteiger partial charge in [-0.1, -0.05) is 31.7 Å². The Balaban J connectivity index is 1.91. The molecule has 2 bridgehead atoms. The van der Waals surface area contributed by atoms with Gasteiger partial charge in [-0.25, -0.2) is 0 Å². The molecule has 6 heteroatoms. The van der Waals surface area contributed by atoms with Crippen molar-refractivity contribution < 1.29 is 28.6 Å². The lowest BCUT2D eigenvalue weighted by Crippen LogP contribution is -2.46. The Morgan fingerprint density at radius 2 is 1.52 bits per heavy atom. The minimum Gasteiger partial charge on any atom is -0.462 e. The Hall–Kier alpha value is -2.11. The van der Waals surface area contributed by atoms with E-state index in [1.807, 2.05) is 32.9 Å². The maximum Gasteiger partial charge on any atom is 0.311 e. The summed E-state index contributed by atoms with van der Waals surface area (Å²) in [5.41, 5.74) is -0.558. The molecular formula is C21H30O6. The minimum atomic E-state index is -0.558. The van der Waals surface area contributed by atoms with Crippen LogP contribution < -0.4 is 0 Å². The molecule has 6 nitrogen and oxygen atoms in total. The van der Waals surface area contributed by atoms with Crippen LogP contribution in [0.1, 0.15) is 40.0 Å². The van der Waals surface area contributed by atoms with Crippen LogP contribution in [-0.2, 0) is 28.6 Å². The van der Waals surface area contributed by atoms with Crippen molar-refractivity contribution in [2.24, 2.45) is 29.1 Å². The van der Waals surface area contributed by atoms with Crippen LogP contribution in [0.15, 0.2) is 24.8 Å². The summed E-state index contributed by atoms with van der Waals surface area (Å²) < 4.78 is 15.7. The molecule has 0 aromatic carbocycles. The number of rotatable bonds is 9. The molecule has 4 unspecified atom stereocenters. The fourth-order valence-corrected chi connectivity index (χ4v) is 3.59. The molecule has 150 valence electrons. The van der Waals surface area contributed by atoms with Crippen LogP contribution in [-0.4, -0.2) is 37.7 Å². The number of carbonyl (C=O) groups is 3. The van der Waals surface area contributed by atoms with Crippen LogP contribution in [0, 0.1) is 29.1 Å². The fraction of sp³-hybridized carbons (Fsp3) is 0.667. The monoisotopic (exact) mass is 378 g/mol. The summed E-state index contributed by atoms with van der Waals surface area (Å²) in [7, 11) is 0. The Bertz CT molecular complexity index is 606. The third-order valence-electron chi connectivity index (χ3n) is 5.63. The second-order valence-electron chi connectivity index (χ2n) is 7.80. The zero-order valence-corrected chi connectivity index (χ0v) is 16.4. The highest BCUT2D eigenvalue weighted by Crippen LogP contribution is 2.45. The van der Waals surface area contributed by atoms with Gasteiger partial charge in [-0.05, 0) is 44.9 Å². The van der Waals surface area contributed by atoms with Crippen LogP contribution in [0.2, 0.25) is 0 Å². The van der Waals surface area contributed by atoms with Gasteiger partial charge >= 0.3 is 17.9 Å². The second kappa shape index (κ2) is 9.20. The highest BCUT2D eigenvalue weighted by Gasteiger charge is 2.49. The lowest BCUT2D eigenvalue weighted by Gasteiger charge is -2.41. The zero-order valence-electron chi connectivity index (χ0n) is 16.4. The molecule has 4 atom stereocenters. The van der Waals surface area contributed by atoms with Crippen LogP contribution in [0.25, 0.3) is 0 Å². The molecule has 3 rings (SSSR count). The van der Waals surface area contributed by atoms with Crippen molar-refractivity contribution in [1.29, 1.82) is 0 Å². The highest BCUT2D eigenvalue weighted by molar-refractivity contribution is 5.84. The molecule has 0 radical (unpaired) electrons. The first-order valence-corrected chi connectivity index (χ1v) is 9.61. The van der Waals surface area contributed by atoms with Crippen molar-refractivity contribution in [2.75, 3.05) is 19.8 Å². The first-order valence-electron chi connectivity index (χ1n) is 9.61. The number of ether oxygens (including phenoxy) is 3. The van der Waals surface area contributed by atoms with E-state index in [-0.39, 0.29) is 43.6 Å². The van der Waals surface area contributed by atoms with Gasteiger partial charge in [0.15, 0.2) is 0 Å². The quantitative estimate of drug-likeness (QED) is 0.266. The zero-order chi connectivity index (χ0) is 20.0. The number of esters is 3. The average molecular weight is 378 g/mol. The van der Waals surface area contributed by atoms with E-state index < -0.39 is 23.2 Å². The van der Waals surface area contributed by atoms with Crippen LogP contribution in [0.3, 0.4) is 0 Å². The molecule has 0 heterocycles. The van der Waals surface area contributed by atoms with Crippen LogP contribution >= 0.6 is 0 Å².